The Morgan fingerprint density at radius 1 is 1.53 bits per heavy atom. The molecule has 3 heteroatoms. The van der Waals surface area contributed by atoms with E-state index in [0.717, 1.165) is 16.8 Å². The number of carbonyl (C=O) groups excluding carboxylic acids is 1. The summed E-state index contributed by atoms with van der Waals surface area (Å²) >= 11 is 0. The summed E-state index contributed by atoms with van der Waals surface area (Å²) in [4.78, 5) is 12.1. The largest absolute Gasteiger partial charge is 0.325 e. The van der Waals surface area contributed by atoms with Crippen LogP contribution in [-0.4, -0.2) is 12.5 Å². The predicted octanol–water partition coefficient (Wildman–Crippen LogP) is 2.29. The normalized spacial score (nSPS) is 15.3. The number of nitrogens with two attached hydrogens (primary N) is 1. The predicted molar refractivity (Wildman–Crippen MR) is 77.6 cm³/mol. The summed E-state index contributed by atoms with van der Waals surface area (Å²) in [6, 6.07) is 5.87. The Kier molecular flexibility index (Phi) is 4.24. The number of nitrogens with one attached hydrogen (secondary N) is 1. The van der Waals surface area contributed by atoms with E-state index in [1.807, 2.05) is 32.0 Å². The van der Waals surface area contributed by atoms with Crippen molar-refractivity contribution in [2.24, 2.45) is 17.6 Å². The fourth-order valence-corrected chi connectivity index (χ4v) is 2.07. The van der Waals surface area contributed by atoms with Crippen LogP contribution in [0.3, 0.4) is 0 Å². The molecule has 1 aromatic rings. The average molecular weight is 256 g/mol. The van der Waals surface area contributed by atoms with Crippen LogP contribution in [0.1, 0.15) is 30.9 Å². The minimum atomic E-state index is 0.0795. The summed E-state index contributed by atoms with van der Waals surface area (Å²) in [5.74, 6) is 6.55. The van der Waals surface area contributed by atoms with Crippen molar-refractivity contribution in [3.8, 4) is 11.8 Å². The van der Waals surface area contributed by atoms with Gasteiger partial charge in [-0.15, -0.1) is 0 Å². The molecule has 0 spiro atoms. The molecule has 0 aliphatic heterocycles. The van der Waals surface area contributed by atoms with Gasteiger partial charge in [0.15, 0.2) is 0 Å². The molecule has 0 aromatic heterocycles. The Hall–Kier alpha value is -1.79. The van der Waals surface area contributed by atoms with E-state index in [9.17, 15) is 4.79 Å². The Balaban J connectivity index is 2.17. The van der Waals surface area contributed by atoms with Crippen LogP contribution in [-0.2, 0) is 4.79 Å². The highest BCUT2D eigenvalue weighted by Gasteiger charge is 2.32. The van der Waals surface area contributed by atoms with Crippen molar-refractivity contribution in [2.45, 2.75) is 26.7 Å². The number of benzene rings is 1. The van der Waals surface area contributed by atoms with E-state index in [0.29, 0.717) is 12.5 Å². The SMILES string of the molecule is Cc1ccc(C#CCN)c(NC(=O)C(C)C2CC2)c1. The minimum absolute atomic E-state index is 0.0795. The monoisotopic (exact) mass is 256 g/mol. The summed E-state index contributed by atoms with van der Waals surface area (Å²) in [5, 5.41) is 3.00. The van der Waals surface area contributed by atoms with Crippen molar-refractivity contribution >= 4 is 11.6 Å². The van der Waals surface area contributed by atoms with E-state index < -0.39 is 0 Å². The second-order valence-corrected chi connectivity index (χ2v) is 5.17. The van der Waals surface area contributed by atoms with Gasteiger partial charge in [0.05, 0.1) is 12.2 Å². The van der Waals surface area contributed by atoms with Crippen LogP contribution in [0.15, 0.2) is 18.2 Å². The van der Waals surface area contributed by atoms with Crippen molar-refractivity contribution < 1.29 is 4.79 Å². The molecule has 100 valence electrons. The average Bonchev–Trinajstić information content (AvgIpc) is 3.21. The highest BCUT2D eigenvalue weighted by Crippen LogP contribution is 2.37. The van der Waals surface area contributed by atoms with Crippen molar-refractivity contribution in [2.75, 3.05) is 11.9 Å². The number of rotatable bonds is 3. The third kappa shape index (κ3) is 3.59. The van der Waals surface area contributed by atoms with E-state index >= 15 is 0 Å². The molecule has 0 bridgehead atoms. The van der Waals surface area contributed by atoms with Gasteiger partial charge in [0.2, 0.25) is 5.91 Å². The number of hydrogen-bond donors (Lipinski definition) is 2. The quantitative estimate of drug-likeness (QED) is 0.815. The molecule has 1 aliphatic carbocycles. The molecule has 3 nitrogen and oxygen atoms in total. The molecule has 0 radical (unpaired) electrons. The zero-order chi connectivity index (χ0) is 13.8. The Morgan fingerprint density at radius 3 is 2.89 bits per heavy atom. The summed E-state index contributed by atoms with van der Waals surface area (Å²) < 4.78 is 0. The second-order valence-electron chi connectivity index (χ2n) is 5.17. The molecule has 1 amide bonds. The highest BCUT2D eigenvalue weighted by molar-refractivity contribution is 5.94. The topological polar surface area (TPSA) is 55.1 Å². The first-order valence-electron chi connectivity index (χ1n) is 6.72. The van der Waals surface area contributed by atoms with Gasteiger partial charge in [-0.1, -0.05) is 24.8 Å². The van der Waals surface area contributed by atoms with Gasteiger partial charge in [-0.3, -0.25) is 4.79 Å². The van der Waals surface area contributed by atoms with Gasteiger partial charge < -0.3 is 11.1 Å². The molecule has 1 fully saturated rings. The molecule has 1 unspecified atom stereocenters. The summed E-state index contributed by atoms with van der Waals surface area (Å²) in [7, 11) is 0. The lowest BCUT2D eigenvalue weighted by Crippen LogP contribution is -2.22. The number of anilines is 1. The molecule has 1 aromatic carbocycles. The van der Waals surface area contributed by atoms with Crippen LogP contribution in [0.25, 0.3) is 0 Å². The molecule has 0 saturated heterocycles. The van der Waals surface area contributed by atoms with Crippen molar-refractivity contribution in [3.05, 3.63) is 29.3 Å². The van der Waals surface area contributed by atoms with Gasteiger partial charge >= 0.3 is 0 Å². The van der Waals surface area contributed by atoms with Crippen molar-refractivity contribution in [3.63, 3.8) is 0 Å². The fourth-order valence-electron chi connectivity index (χ4n) is 2.07. The maximum atomic E-state index is 12.1. The first kappa shape index (κ1) is 13.6. The third-order valence-corrected chi connectivity index (χ3v) is 3.50. The fraction of sp³-hybridized carbons (Fsp3) is 0.438. The lowest BCUT2D eigenvalue weighted by Gasteiger charge is -2.13. The maximum Gasteiger partial charge on any atom is 0.227 e. The summed E-state index contributed by atoms with van der Waals surface area (Å²) in [6.07, 6.45) is 2.34. The van der Waals surface area contributed by atoms with Gasteiger partial charge in [0.1, 0.15) is 0 Å². The zero-order valence-corrected chi connectivity index (χ0v) is 11.5. The molecular weight excluding hydrogens is 236 g/mol. The molecular formula is C16H20N2O. The van der Waals surface area contributed by atoms with E-state index in [1.165, 1.54) is 12.8 Å². The molecule has 1 saturated carbocycles. The summed E-state index contributed by atoms with van der Waals surface area (Å²) in [5.41, 5.74) is 8.11. The van der Waals surface area contributed by atoms with Crippen molar-refractivity contribution in [1.29, 1.82) is 0 Å². The van der Waals surface area contributed by atoms with Crippen LogP contribution in [0, 0.1) is 30.6 Å². The molecule has 0 heterocycles. The lowest BCUT2D eigenvalue weighted by atomic mass is 10.0. The van der Waals surface area contributed by atoms with E-state index in [-0.39, 0.29) is 11.8 Å². The highest BCUT2D eigenvalue weighted by atomic mass is 16.1. The van der Waals surface area contributed by atoms with Gasteiger partial charge in [-0.2, -0.15) is 0 Å². The van der Waals surface area contributed by atoms with Gasteiger partial charge in [0.25, 0.3) is 0 Å². The Labute approximate surface area is 114 Å². The number of carbonyl (C=O) groups is 1. The van der Waals surface area contributed by atoms with Crippen LogP contribution >= 0.6 is 0 Å². The van der Waals surface area contributed by atoms with Gasteiger partial charge in [-0.05, 0) is 43.4 Å². The van der Waals surface area contributed by atoms with E-state index in [2.05, 4.69) is 17.2 Å². The Bertz CT molecular complexity index is 535. The maximum absolute atomic E-state index is 12.1. The third-order valence-electron chi connectivity index (χ3n) is 3.50. The van der Waals surface area contributed by atoms with E-state index in [1.54, 1.807) is 0 Å². The second kappa shape index (κ2) is 5.90. The number of aryl methyl sites for hydroxylation is 1. The number of hydrogen-bond acceptors (Lipinski definition) is 2. The van der Waals surface area contributed by atoms with Crippen LogP contribution in [0.5, 0.6) is 0 Å². The van der Waals surface area contributed by atoms with Gasteiger partial charge in [0, 0.05) is 11.5 Å². The Morgan fingerprint density at radius 2 is 2.26 bits per heavy atom. The molecule has 19 heavy (non-hydrogen) atoms. The minimum Gasteiger partial charge on any atom is -0.325 e. The molecule has 1 aliphatic rings. The zero-order valence-electron chi connectivity index (χ0n) is 11.5. The molecule has 1 atom stereocenters. The van der Waals surface area contributed by atoms with Crippen molar-refractivity contribution in [1.82, 2.24) is 0 Å². The smallest absolute Gasteiger partial charge is 0.227 e. The van der Waals surface area contributed by atoms with Crippen LogP contribution in [0.2, 0.25) is 0 Å². The van der Waals surface area contributed by atoms with Gasteiger partial charge in [-0.25, -0.2) is 0 Å². The first-order chi connectivity index (χ1) is 9.11. The lowest BCUT2D eigenvalue weighted by molar-refractivity contribution is -0.119. The summed E-state index contributed by atoms with van der Waals surface area (Å²) in [6.45, 7) is 4.31. The van der Waals surface area contributed by atoms with Crippen LogP contribution < -0.4 is 11.1 Å². The molecule has 2 rings (SSSR count). The first-order valence-corrected chi connectivity index (χ1v) is 6.72. The number of amides is 1. The van der Waals surface area contributed by atoms with Crippen LogP contribution in [0.4, 0.5) is 5.69 Å². The molecule has 3 N–H and O–H groups in total. The standard InChI is InChI=1S/C16H20N2O/c1-11-5-6-14(4-3-9-17)15(10-11)18-16(19)12(2)13-7-8-13/h5-6,10,12-13H,7-9,17H2,1-2H3,(H,18,19). The van der Waals surface area contributed by atoms with E-state index in [4.69, 9.17) is 5.73 Å².